The standard InChI is InChI=1S/C11H12BrN3S/c1-7-3-4-13-10(9(7)12)15-8(2)11-14-5-6-16-11/h3-6,8H,1-2H3,(H,13,15). The van der Waals surface area contributed by atoms with E-state index in [2.05, 4.69) is 38.1 Å². The van der Waals surface area contributed by atoms with Crippen LogP contribution in [0.2, 0.25) is 0 Å². The van der Waals surface area contributed by atoms with Crippen molar-refractivity contribution in [3.63, 3.8) is 0 Å². The van der Waals surface area contributed by atoms with Gasteiger partial charge in [0.1, 0.15) is 10.8 Å². The van der Waals surface area contributed by atoms with Crippen molar-refractivity contribution < 1.29 is 0 Å². The first-order valence-corrected chi connectivity index (χ1v) is 6.63. The number of hydrogen-bond donors (Lipinski definition) is 1. The van der Waals surface area contributed by atoms with Gasteiger partial charge in [0.15, 0.2) is 0 Å². The van der Waals surface area contributed by atoms with Gasteiger partial charge in [-0.05, 0) is 41.4 Å². The largest absolute Gasteiger partial charge is 0.360 e. The molecule has 0 spiro atoms. The summed E-state index contributed by atoms with van der Waals surface area (Å²) >= 11 is 5.17. The predicted octanol–water partition coefficient (Wildman–Crippen LogP) is 3.78. The molecule has 0 fully saturated rings. The first-order valence-electron chi connectivity index (χ1n) is 4.95. The van der Waals surface area contributed by atoms with Gasteiger partial charge in [-0.1, -0.05) is 0 Å². The monoisotopic (exact) mass is 297 g/mol. The van der Waals surface area contributed by atoms with E-state index in [-0.39, 0.29) is 6.04 Å². The van der Waals surface area contributed by atoms with Gasteiger partial charge >= 0.3 is 0 Å². The SMILES string of the molecule is Cc1ccnc(NC(C)c2nccs2)c1Br. The topological polar surface area (TPSA) is 37.8 Å². The van der Waals surface area contributed by atoms with Crippen LogP contribution in [0.5, 0.6) is 0 Å². The highest BCUT2D eigenvalue weighted by atomic mass is 79.9. The lowest BCUT2D eigenvalue weighted by atomic mass is 10.3. The van der Waals surface area contributed by atoms with Crippen molar-refractivity contribution in [2.75, 3.05) is 5.32 Å². The molecule has 16 heavy (non-hydrogen) atoms. The average molecular weight is 298 g/mol. The predicted molar refractivity (Wildman–Crippen MR) is 70.8 cm³/mol. The molecule has 2 aromatic rings. The minimum Gasteiger partial charge on any atom is -0.360 e. The second-order valence-corrected chi connectivity index (χ2v) is 5.25. The molecule has 0 saturated heterocycles. The molecule has 0 radical (unpaired) electrons. The number of nitrogens with zero attached hydrogens (tertiary/aromatic N) is 2. The summed E-state index contributed by atoms with van der Waals surface area (Å²) in [7, 11) is 0. The molecule has 0 amide bonds. The quantitative estimate of drug-likeness (QED) is 0.937. The van der Waals surface area contributed by atoms with Gasteiger partial charge in [-0.25, -0.2) is 9.97 Å². The fourth-order valence-corrected chi connectivity index (χ4v) is 2.35. The van der Waals surface area contributed by atoms with E-state index in [9.17, 15) is 0 Å². The fourth-order valence-electron chi connectivity index (χ4n) is 1.36. The minimum atomic E-state index is 0.172. The molecule has 3 nitrogen and oxygen atoms in total. The molecular formula is C11H12BrN3S. The van der Waals surface area contributed by atoms with E-state index in [1.165, 1.54) is 5.56 Å². The maximum atomic E-state index is 4.31. The van der Waals surface area contributed by atoms with Crippen LogP contribution in [-0.2, 0) is 0 Å². The second kappa shape index (κ2) is 4.93. The number of halogens is 1. The Morgan fingerprint density at radius 3 is 2.88 bits per heavy atom. The van der Waals surface area contributed by atoms with Crippen molar-refractivity contribution in [3.8, 4) is 0 Å². The molecule has 0 aromatic carbocycles. The highest BCUT2D eigenvalue weighted by Crippen LogP contribution is 2.27. The Kier molecular flexibility index (Phi) is 3.56. The van der Waals surface area contributed by atoms with E-state index in [1.54, 1.807) is 17.5 Å². The lowest BCUT2D eigenvalue weighted by molar-refractivity contribution is 0.858. The molecule has 0 saturated carbocycles. The zero-order chi connectivity index (χ0) is 11.5. The van der Waals surface area contributed by atoms with Gasteiger partial charge in [-0.2, -0.15) is 0 Å². The maximum Gasteiger partial charge on any atom is 0.141 e. The van der Waals surface area contributed by atoms with Gasteiger partial charge in [0.05, 0.1) is 10.5 Å². The van der Waals surface area contributed by atoms with Gasteiger partial charge in [-0.15, -0.1) is 11.3 Å². The van der Waals surface area contributed by atoms with Crippen LogP contribution >= 0.6 is 27.3 Å². The first-order chi connectivity index (χ1) is 7.68. The summed E-state index contributed by atoms with van der Waals surface area (Å²) in [6.07, 6.45) is 3.62. The van der Waals surface area contributed by atoms with Gasteiger partial charge in [0, 0.05) is 17.8 Å². The summed E-state index contributed by atoms with van der Waals surface area (Å²) in [5, 5.41) is 6.39. The molecular weight excluding hydrogens is 286 g/mol. The molecule has 0 bridgehead atoms. The highest BCUT2D eigenvalue weighted by Gasteiger charge is 2.11. The van der Waals surface area contributed by atoms with Gasteiger partial charge in [0.25, 0.3) is 0 Å². The van der Waals surface area contributed by atoms with Gasteiger partial charge < -0.3 is 5.32 Å². The van der Waals surface area contributed by atoms with Gasteiger partial charge in [-0.3, -0.25) is 0 Å². The number of aromatic nitrogens is 2. The zero-order valence-corrected chi connectivity index (χ0v) is 11.5. The van der Waals surface area contributed by atoms with Crippen LogP contribution in [0.4, 0.5) is 5.82 Å². The number of pyridine rings is 1. The van der Waals surface area contributed by atoms with E-state index in [0.717, 1.165) is 15.3 Å². The molecule has 0 aliphatic carbocycles. The summed E-state index contributed by atoms with van der Waals surface area (Å²) in [4.78, 5) is 8.59. The average Bonchev–Trinajstić information content (AvgIpc) is 2.78. The van der Waals surface area contributed by atoms with E-state index in [0.29, 0.717) is 0 Å². The van der Waals surface area contributed by atoms with Crippen LogP contribution in [0.1, 0.15) is 23.5 Å². The van der Waals surface area contributed by atoms with Crippen LogP contribution in [-0.4, -0.2) is 9.97 Å². The Morgan fingerprint density at radius 1 is 1.38 bits per heavy atom. The lowest BCUT2D eigenvalue weighted by Crippen LogP contribution is -2.08. The van der Waals surface area contributed by atoms with E-state index < -0.39 is 0 Å². The van der Waals surface area contributed by atoms with E-state index in [1.807, 2.05) is 24.6 Å². The lowest BCUT2D eigenvalue weighted by Gasteiger charge is -2.13. The molecule has 1 N–H and O–H groups in total. The minimum absolute atomic E-state index is 0.172. The first kappa shape index (κ1) is 11.5. The number of thiazole rings is 1. The van der Waals surface area contributed by atoms with Crippen LogP contribution in [0.25, 0.3) is 0 Å². The third kappa shape index (κ3) is 2.41. The Labute approximate surface area is 107 Å². The van der Waals surface area contributed by atoms with Crippen molar-refractivity contribution in [1.82, 2.24) is 9.97 Å². The second-order valence-electron chi connectivity index (χ2n) is 3.53. The number of anilines is 1. The summed E-state index contributed by atoms with van der Waals surface area (Å²) in [5.41, 5.74) is 1.17. The van der Waals surface area contributed by atoms with Crippen LogP contribution in [0, 0.1) is 6.92 Å². The van der Waals surface area contributed by atoms with Crippen molar-refractivity contribution in [2.24, 2.45) is 0 Å². The van der Waals surface area contributed by atoms with Crippen molar-refractivity contribution >= 4 is 33.1 Å². The molecule has 5 heteroatoms. The zero-order valence-electron chi connectivity index (χ0n) is 9.07. The molecule has 2 aromatic heterocycles. The maximum absolute atomic E-state index is 4.31. The number of nitrogens with one attached hydrogen (secondary N) is 1. The Bertz CT molecular complexity index is 470. The summed E-state index contributed by atoms with van der Waals surface area (Å²) in [6, 6.07) is 2.15. The van der Waals surface area contributed by atoms with Crippen molar-refractivity contribution in [3.05, 3.63) is 38.9 Å². The summed E-state index contributed by atoms with van der Waals surface area (Å²) in [5.74, 6) is 0.864. The number of aryl methyl sites for hydroxylation is 1. The fraction of sp³-hybridized carbons (Fsp3) is 0.273. The third-order valence-corrected chi connectivity index (χ3v) is 4.22. The number of rotatable bonds is 3. The Morgan fingerprint density at radius 2 is 2.19 bits per heavy atom. The van der Waals surface area contributed by atoms with E-state index >= 15 is 0 Å². The normalized spacial score (nSPS) is 12.4. The third-order valence-electron chi connectivity index (χ3n) is 2.26. The molecule has 1 atom stereocenters. The van der Waals surface area contributed by atoms with Crippen molar-refractivity contribution in [2.45, 2.75) is 19.9 Å². The Hall–Kier alpha value is -0.940. The van der Waals surface area contributed by atoms with Crippen LogP contribution < -0.4 is 5.32 Å². The molecule has 2 rings (SSSR count). The molecule has 84 valence electrons. The molecule has 1 unspecified atom stereocenters. The highest BCUT2D eigenvalue weighted by molar-refractivity contribution is 9.10. The molecule has 0 aliphatic rings. The van der Waals surface area contributed by atoms with E-state index in [4.69, 9.17) is 0 Å². The van der Waals surface area contributed by atoms with Crippen molar-refractivity contribution in [1.29, 1.82) is 0 Å². The smallest absolute Gasteiger partial charge is 0.141 e. The molecule has 0 aliphatic heterocycles. The molecule has 2 heterocycles. The van der Waals surface area contributed by atoms with Crippen LogP contribution in [0.3, 0.4) is 0 Å². The number of hydrogen-bond acceptors (Lipinski definition) is 4. The summed E-state index contributed by atoms with van der Waals surface area (Å²) < 4.78 is 1.01. The Balaban J connectivity index is 2.18. The van der Waals surface area contributed by atoms with Gasteiger partial charge in [0.2, 0.25) is 0 Å². The summed E-state index contributed by atoms with van der Waals surface area (Å²) in [6.45, 7) is 4.13. The van der Waals surface area contributed by atoms with Crippen LogP contribution in [0.15, 0.2) is 28.3 Å².